The molecule has 3 rings (SSSR count). The van der Waals surface area contributed by atoms with Crippen molar-refractivity contribution in [1.29, 1.82) is 0 Å². The van der Waals surface area contributed by atoms with Gasteiger partial charge in [0.05, 0.1) is 5.71 Å². The van der Waals surface area contributed by atoms with Gasteiger partial charge in [-0.3, -0.25) is 4.79 Å². The maximum atomic E-state index is 12.4. The number of rotatable bonds is 5. The van der Waals surface area contributed by atoms with Crippen LogP contribution in [0, 0.1) is 13.8 Å². The first-order chi connectivity index (χ1) is 12.1. The molecule has 0 atom stereocenters. The van der Waals surface area contributed by atoms with Gasteiger partial charge in [-0.15, -0.1) is 5.10 Å². The monoisotopic (exact) mass is 336 g/mol. The Balaban J connectivity index is 1.84. The molecule has 0 aliphatic heterocycles. The van der Waals surface area contributed by atoms with Crippen LogP contribution in [-0.4, -0.2) is 31.2 Å². The van der Waals surface area contributed by atoms with Gasteiger partial charge in [-0.05, 0) is 31.9 Å². The topological polar surface area (TPSA) is 84.5 Å². The van der Waals surface area contributed by atoms with Crippen LogP contribution < -0.4 is 5.43 Å². The van der Waals surface area contributed by atoms with E-state index in [0.29, 0.717) is 5.78 Å². The Morgan fingerprint density at radius 1 is 1.20 bits per heavy atom. The van der Waals surface area contributed by atoms with E-state index in [0.717, 1.165) is 35.5 Å². The first kappa shape index (κ1) is 16.8. The number of hydrazone groups is 1. The Morgan fingerprint density at radius 2 is 1.96 bits per heavy atom. The molecule has 0 saturated carbocycles. The zero-order valence-electron chi connectivity index (χ0n) is 14.5. The highest BCUT2D eigenvalue weighted by Crippen LogP contribution is 2.07. The molecule has 2 aromatic heterocycles. The molecule has 3 aromatic rings. The van der Waals surface area contributed by atoms with Gasteiger partial charge in [0.2, 0.25) is 5.82 Å². The molecule has 0 fully saturated rings. The summed E-state index contributed by atoms with van der Waals surface area (Å²) in [5, 5.41) is 8.49. The van der Waals surface area contributed by atoms with Gasteiger partial charge in [0.25, 0.3) is 5.78 Å². The molecule has 1 amide bonds. The Bertz CT molecular complexity index is 929. The number of amides is 1. The normalized spacial score (nSPS) is 11.7. The summed E-state index contributed by atoms with van der Waals surface area (Å²) in [4.78, 5) is 20.8. The zero-order chi connectivity index (χ0) is 17.8. The van der Waals surface area contributed by atoms with Crippen molar-refractivity contribution in [3.63, 3.8) is 0 Å². The van der Waals surface area contributed by atoms with Crippen molar-refractivity contribution in [3.8, 4) is 0 Å². The lowest BCUT2D eigenvalue weighted by Crippen LogP contribution is -2.21. The fraction of sp³-hybridized carbons (Fsp3) is 0.278. The van der Waals surface area contributed by atoms with Crippen molar-refractivity contribution < 1.29 is 4.79 Å². The number of nitrogens with one attached hydrogen (secondary N) is 1. The fourth-order valence-electron chi connectivity index (χ4n) is 2.56. The summed E-state index contributed by atoms with van der Waals surface area (Å²) in [6, 6.07) is 11.7. The minimum absolute atomic E-state index is 0.0499. The van der Waals surface area contributed by atoms with Crippen LogP contribution >= 0.6 is 0 Å². The molecule has 0 spiro atoms. The number of nitrogens with zero attached hydrogens (tertiary/aromatic N) is 5. The SMILES string of the molecule is CCC/C(=N\NC(=O)c1nc2nc(C)cc(C)n2n1)c1ccccc1. The first-order valence-electron chi connectivity index (χ1n) is 8.22. The van der Waals surface area contributed by atoms with Gasteiger partial charge in [0, 0.05) is 11.4 Å². The average molecular weight is 336 g/mol. The van der Waals surface area contributed by atoms with E-state index in [1.807, 2.05) is 50.2 Å². The minimum atomic E-state index is -0.452. The fourth-order valence-corrected chi connectivity index (χ4v) is 2.56. The standard InChI is InChI=1S/C18H20N6O/c1-4-8-15(14-9-6-5-7-10-14)21-22-17(25)16-20-18-19-12(2)11-13(3)24(18)23-16/h5-7,9-11H,4,8H2,1-3H3,(H,22,25)/b21-15+. The second kappa shape index (κ2) is 7.21. The van der Waals surface area contributed by atoms with Gasteiger partial charge in [0.15, 0.2) is 0 Å². The number of hydrogen-bond acceptors (Lipinski definition) is 5. The lowest BCUT2D eigenvalue weighted by molar-refractivity contribution is 0.0944. The molecule has 0 radical (unpaired) electrons. The Morgan fingerprint density at radius 3 is 2.68 bits per heavy atom. The minimum Gasteiger partial charge on any atom is -0.264 e. The Hall–Kier alpha value is -3.09. The molecule has 0 aliphatic carbocycles. The molecule has 0 unspecified atom stereocenters. The Labute approximate surface area is 145 Å². The Kier molecular flexibility index (Phi) is 4.83. The van der Waals surface area contributed by atoms with E-state index in [1.54, 1.807) is 4.52 Å². The molecule has 7 heteroatoms. The average Bonchev–Trinajstić information content (AvgIpc) is 3.03. The summed E-state index contributed by atoms with van der Waals surface area (Å²) < 4.78 is 1.55. The number of benzene rings is 1. The number of aryl methyl sites for hydroxylation is 2. The van der Waals surface area contributed by atoms with Gasteiger partial charge in [-0.2, -0.15) is 10.1 Å². The molecule has 128 valence electrons. The van der Waals surface area contributed by atoms with Crippen molar-refractivity contribution in [3.05, 3.63) is 59.2 Å². The van der Waals surface area contributed by atoms with E-state index < -0.39 is 5.91 Å². The quantitative estimate of drug-likeness (QED) is 0.573. The second-order valence-corrected chi connectivity index (χ2v) is 5.80. The molecule has 7 nitrogen and oxygen atoms in total. The number of carbonyl (C=O) groups excluding carboxylic acids is 1. The van der Waals surface area contributed by atoms with Crippen LogP contribution in [0.25, 0.3) is 5.78 Å². The predicted molar refractivity (Wildman–Crippen MR) is 95.6 cm³/mol. The van der Waals surface area contributed by atoms with E-state index in [1.165, 1.54) is 0 Å². The van der Waals surface area contributed by atoms with Crippen molar-refractivity contribution in [1.82, 2.24) is 25.0 Å². The van der Waals surface area contributed by atoms with Crippen molar-refractivity contribution in [2.24, 2.45) is 5.10 Å². The van der Waals surface area contributed by atoms with E-state index >= 15 is 0 Å². The summed E-state index contributed by atoms with van der Waals surface area (Å²) in [6.07, 6.45) is 1.70. The maximum absolute atomic E-state index is 12.4. The molecule has 2 heterocycles. The summed E-state index contributed by atoms with van der Waals surface area (Å²) in [7, 11) is 0. The summed E-state index contributed by atoms with van der Waals surface area (Å²) in [6.45, 7) is 5.84. The van der Waals surface area contributed by atoms with E-state index in [4.69, 9.17) is 0 Å². The first-order valence-corrected chi connectivity index (χ1v) is 8.22. The highest BCUT2D eigenvalue weighted by atomic mass is 16.2. The molecular formula is C18H20N6O. The van der Waals surface area contributed by atoms with Crippen LogP contribution in [0.4, 0.5) is 0 Å². The highest BCUT2D eigenvalue weighted by Gasteiger charge is 2.15. The second-order valence-electron chi connectivity index (χ2n) is 5.80. The van der Waals surface area contributed by atoms with Crippen LogP contribution in [0.2, 0.25) is 0 Å². The summed E-state index contributed by atoms with van der Waals surface area (Å²) in [5.74, 6) is 0.00409. The van der Waals surface area contributed by atoms with Gasteiger partial charge in [0.1, 0.15) is 0 Å². The largest absolute Gasteiger partial charge is 0.311 e. The lowest BCUT2D eigenvalue weighted by Gasteiger charge is -2.05. The number of fused-ring (bicyclic) bond motifs is 1. The van der Waals surface area contributed by atoms with E-state index in [9.17, 15) is 4.79 Å². The van der Waals surface area contributed by atoms with Gasteiger partial charge >= 0.3 is 5.91 Å². The summed E-state index contributed by atoms with van der Waals surface area (Å²) >= 11 is 0. The van der Waals surface area contributed by atoms with Gasteiger partial charge in [-0.25, -0.2) is 14.9 Å². The number of aromatic nitrogens is 4. The smallest absolute Gasteiger partial charge is 0.264 e. The van der Waals surface area contributed by atoms with Gasteiger partial charge in [-0.1, -0.05) is 43.7 Å². The molecule has 0 bridgehead atoms. The maximum Gasteiger partial charge on any atom is 0.311 e. The van der Waals surface area contributed by atoms with Crippen LogP contribution in [-0.2, 0) is 0 Å². The van der Waals surface area contributed by atoms with Crippen LogP contribution in [0.1, 0.15) is 47.3 Å². The number of hydrogen-bond donors (Lipinski definition) is 1. The van der Waals surface area contributed by atoms with E-state index in [-0.39, 0.29) is 5.82 Å². The van der Waals surface area contributed by atoms with E-state index in [2.05, 4.69) is 32.5 Å². The zero-order valence-corrected chi connectivity index (χ0v) is 14.5. The third kappa shape index (κ3) is 3.71. The molecule has 1 N–H and O–H groups in total. The number of carbonyl (C=O) groups is 1. The third-order valence-corrected chi connectivity index (χ3v) is 3.71. The molecule has 0 aliphatic rings. The summed E-state index contributed by atoms with van der Waals surface area (Å²) in [5.41, 5.74) is 6.07. The van der Waals surface area contributed by atoms with Crippen molar-refractivity contribution >= 4 is 17.4 Å². The van der Waals surface area contributed by atoms with Crippen LogP contribution in [0.5, 0.6) is 0 Å². The molecule has 25 heavy (non-hydrogen) atoms. The van der Waals surface area contributed by atoms with Gasteiger partial charge < -0.3 is 0 Å². The molecule has 1 aromatic carbocycles. The van der Waals surface area contributed by atoms with Crippen LogP contribution in [0.3, 0.4) is 0 Å². The predicted octanol–water partition coefficient (Wildman–Crippen LogP) is 2.68. The third-order valence-electron chi connectivity index (χ3n) is 3.71. The molecule has 0 saturated heterocycles. The van der Waals surface area contributed by atoms with Crippen molar-refractivity contribution in [2.45, 2.75) is 33.6 Å². The van der Waals surface area contributed by atoms with Crippen molar-refractivity contribution in [2.75, 3.05) is 0 Å². The molecular weight excluding hydrogens is 316 g/mol. The lowest BCUT2D eigenvalue weighted by atomic mass is 10.1. The van der Waals surface area contributed by atoms with Crippen LogP contribution in [0.15, 0.2) is 41.5 Å². The highest BCUT2D eigenvalue weighted by molar-refractivity contribution is 6.01.